The summed E-state index contributed by atoms with van der Waals surface area (Å²) in [5.74, 6) is 1.53. The molecular weight excluding hydrogens is 560 g/mol. The average molecular weight is 593 g/mol. The predicted octanol–water partition coefficient (Wildman–Crippen LogP) is 3.21. The van der Waals surface area contributed by atoms with Gasteiger partial charge in [-0.3, -0.25) is 4.57 Å². The normalized spacial score (nSPS) is 19.7. The van der Waals surface area contributed by atoms with Crippen LogP contribution in [0.3, 0.4) is 0 Å². The van der Waals surface area contributed by atoms with Crippen molar-refractivity contribution in [3.05, 3.63) is 108 Å². The second-order valence-corrected chi connectivity index (χ2v) is 10.5. The molecule has 4 heterocycles. The van der Waals surface area contributed by atoms with E-state index in [2.05, 4.69) is 50.9 Å². The minimum atomic E-state index is -1.22. The van der Waals surface area contributed by atoms with Crippen LogP contribution in [0.25, 0.3) is 11.2 Å². The molecule has 0 amide bonds. The molecule has 0 aliphatic carbocycles. The Kier molecular flexibility index (Phi) is 8.71. The lowest BCUT2D eigenvalue weighted by Gasteiger charge is -2.20. The lowest BCUT2D eigenvalue weighted by atomic mass is 9.91. The van der Waals surface area contributed by atoms with Gasteiger partial charge in [0, 0.05) is 25.8 Å². The van der Waals surface area contributed by atoms with Gasteiger partial charge in [0.2, 0.25) is 0 Å². The number of methoxy groups -OCH3 is 1. The van der Waals surface area contributed by atoms with Crippen LogP contribution in [0.5, 0.6) is 0 Å². The fourth-order valence-corrected chi connectivity index (χ4v) is 5.34. The average Bonchev–Trinajstić information content (AvgIpc) is 3.61. The molecule has 0 spiro atoms. The second kappa shape index (κ2) is 13.2. The van der Waals surface area contributed by atoms with E-state index in [1.165, 1.54) is 19.6 Å². The highest BCUT2D eigenvalue weighted by Gasteiger charge is 2.44. The van der Waals surface area contributed by atoms with Crippen LogP contribution in [0.1, 0.15) is 34.7 Å². The fourth-order valence-electron chi connectivity index (χ4n) is 5.34. The number of pyridine rings is 1. The standard InChI is InChI=1S/C32H32N8O4/c1-43-18-24-28(41)29(42)32(44-24)40-19-37-27-30(36-16-23(21-8-4-2-5-9-21)22-10-6-3-7-11-22)38-26(39-31(27)40)17-35-25-13-12-20(14-33)15-34-25/h2-13,15,19,23-24,28-29,32,41-42H,16-18H2,1H3,(H,34,35)(H,36,38,39)/t24-,28-,29-,32?/m1/s1. The van der Waals surface area contributed by atoms with Crippen LogP contribution >= 0.6 is 0 Å². The molecule has 1 unspecified atom stereocenters. The number of nitrogens with one attached hydrogen (secondary N) is 2. The summed E-state index contributed by atoms with van der Waals surface area (Å²) >= 11 is 0. The van der Waals surface area contributed by atoms with Gasteiger partial charge in [-0.15, -0.1) is 0 Å². The Morgan fingerprint density at radius 2 is 1.68 bits per heavy atom. The molecule has 44 heavy (non-hydrogen) atoms. The fraction of sp³-hybridized carbons (Fsp3) is 0.281. The lowest BCUT2D eigenvalue weighted by molar-refractivity contribution is -0.0580. The van der Waals surface area contributed by atoms with Gasteiger partial charge in [-0.25, -0.2) is 19.9 Å². The Hall–Kier alpha value is -4.93. The highest BCUT2D eigenvalue weighted by Crippen LogP contribution is 2.33. The third-order valence-corrected chi connectivity index (χ3v) is 7.61. The molecule has 12 heteroatoms. The molecule has 3 aromatic heterocycles. The molecule has 0 saturated carbocycles. The van der Waals surface area contributed by atoms with Crippen LogP contribution < -0.4 is 10.6 Å². The third-order valence-electron chi connectivity index (χ3n) is 7.61. The van der Waals surface area contributed by atoms with E-state index in [1.54, 1.807) is 16.7 Å². The molecule has 4 atom stereocenters. The van der Waals surface area contributed by atoms with Crippen molar-refractivity contribution in [3.63, 3.8) is 0 Å². The van der Waals surface area contributed by atoms with Crippen LogP contribution in [0, 0.1) is 11.3 Å². The summed E-state index contributed by atoms with van der Waals surface area (Å²) in [6, 6.07) is 25.9. The Labute approximate surface area is 254 Å². The summed E-state index contributed by atoms with van der Waals surface area (Å²) < 4.78 is 12.8. The highest BCUT2D eigenvalue weighted by atomic mass is 16.6. The van der Waals surface area contributed by atoms with E-state index < -0.39 is 24.5 Å². The SMILES string of the molecule is COC[C@H]1OC(n2cnc3c(NCC(c4ccccc4)c4ccccc4)nc(CNc4ccc(C#N)cn4)nc32)[C@H](O)[C@@H]1O. The predicted molar refractivity (Wildman–Crippen MR) is 163 cm³/mol. The number of nitriles is 1. The largest absolute Gasteiger partial charge is 0.387 e. The third kappa shape index (κ3) is 6.08. The first-order chi connectivity index (χ1) is 21.6. The summed E-state index contributed by atoms with van der Waals surface area (Å²) in [5.41, 5.74) is 3.68. The van der Waals surface area contributed by atoms with Gasteiger partial charge in [0.1, 0.15) is 30.2 Å². The first kappa shape index (κ1) is 29.2. The monoisotopic (exact) mass is 592 g/mol. The molecule has 1 aliphatic heterocycles. The van der Waals surface area contributed by atoms with E-state index >= 15 is 0 Å². The van der Waals surface area contributed by atoms with E-state index in [0.717, 1.165) is 11.1 Å². The number of imidazole rings is 1. The molecule has 1 saturated heterocycles. The highest BCUT2D eigenvalue weighted by molar-refractivity contribution is 5.83. The Balaban J connectivity index is 1.34. The number of aliphatic hydroxyl groups is 2. The van der Waals surface area contributed by atoms with E-state index in [4.69, 9.17) is 24.7 Å². The molecule has 0 radical (unpaired) electrons. The van der Waals surface area contributed by atoms with Crippen LogP contribution in [-0.4, -0.2) is 73.3 Å². The summed E-state index contributed by atoms with van der Waals surface area (Å²) in [6.07, 6.45) is -0.978. The van der Waals surface area contributed by atoms with Crippen LogP contribution in [0.2, 0.25) is 0 Å². The van der Waals surface area contributed by atoms with Gasteiger partial charge in [0.15, 0.2) is 29.0 Å². The summed E-state index contributed by atoms with van der Waals surface area (Å²) in [5, 5.41) is 37.2. The maximum Gasteiger partial charge on any atom is 0.168 e. The topological polar surface area (TPSA) is 163 Å². The van der Waals surface area contributed by atoms with Gasteiger partial charge in [-0.2, -0.15) is 5.26 Å². The van der Waals surface area contributed by atoms with E-state index in [0.29, 0.717) is 40.7 Å². The molecule has 5 aromatic rings. The van der Waals surface area contributed by atoms with E-state index in [1.807, 2.05) is 36.4 Å². The van der Waals surface area contributed by atoms with Crippen molar-refractivity contribution >= 4 is 22.8 Å². The summed E-state index contributed by atoms with van der Waals surface area (Å²) in [6.45, 7) is 0.864. The van der Waals surface area contributed by atoms with Crippen molar-refractivity contribution in [2.75, 3.05) is 30.9 Å². The quantitative estimate of drug-likeness (QED) is 0.178. The molecule has 12 nitrogen and oxygen atoms in total. The Morgan fingerprint density at radius 1 is 0.955 bits per heavy atom. The van der Waals surface area contributed by atoms with E-state index in [9.17, 15) is 10.2 Å². The van der Waals surface area contributed by atoms with Crippen LogP contribution in [0.15, 0.2) is 85.3 Å². The van der Waals surface area contributed by atoms with Crippen molar-refractivity contribution in [1.29, 1.82) is 5.26 Å². The van der Waals surface area contributed by atoms with Gasteiger partial charge < -0.3 is 30.3 Å². The Bertz CT molecular complexity index is 1690. The molecule has 0 bridgehead atoms. The lowest BCUT2D eigenvalue weighted by Crippen LogP contribution is -2.33. The first-order valence-corrected chi connectivity index (χ1v) is 14.2. The van der Waals surface area contributed by atoms with Crippen molar-refractivity contribution in [1.82, 2.24) is 24.5 Å². The number of ether oxygens (including phenoxy) is 2. The molecule has 224 valence electrons. The van der Waals surface area contributed by atoms with E-state index in [-0.39, 0.29) is 19.1 Å². The number of hydrogen-bond acceptors (Lipinski definition) is 11. The minimum absolute atomic E-state index is 0.0267. The zero-order valence-electron chi connectivity index (χ0n) is 24.0. The van der Waals surface area contributed by atoms with Crippen molar-refractivity contribution in [3.8, 4) is 6.07 Å². The number of benzene rings is 2. The molecule has 4 N–H and O–H groups in total. The van der Waals surface area contributed by atoms with Crippen molar-refractivity contribution in [2.24, 2.45) is 0 Å². The van der Waals surface area contributed by atoms with Crippen LogP contribution in [0.4, 0.5) is 11.6 Å². The number of aromatic nitrogens is 5. The molecular formula is C32H32N8O4. The van der Waals surface area contributed by atoms with Gasteiger partial charge in [0.05, 0.1) is 25.0 Å². The van der Waals surface area contributed by atoms with Gasteiger partial charge >= 0.3 is 0 Å². The van der Waals surface area contributed by atoms with Gasteiger partial charge in [0.25, 0.3) is 0 Å². The zero-order chi connectivity index (χ0) is 30.5. The number of anilines is 2. The summed E-state index contributed by atoms with van der Waals surface area (Å²) in [7, 11) is 1.51. The van der Waals surface area contributed by atoms with Crippen LogP contribution in [-0.2, 0) is 16.0 Å². The smallest absolute Gasteiger partial charge is 0.168 e. The number of fused-ring (bicyclic) bond motifs is 1. The minimum Gasteiger partial charge on any atom is -0.387 e. The van der Waals surface area contributed by atoms with Crippen molar-refractivity contribution < 1.29 is 19.7 Å². The number of rotatable bonds is 11. The molecule has 1 fully saturated rings. The first-order valence-electron chi connectivity index (χ1n) is 14.2. The molecule has 2 aromatic carbocycles. The maximum atomic E-state index is 10.9. The maximum absolute atomic E-state index is 10.9. The second-order valence-electron chi connectivity index (χ2n) is 10.5. The van der Waals surface area contributed by atoms with Crippen molar-refractivity contribution in [2.45, 2.75) is 37.0 Å². The number of nitrogens with zero attached hydrogens (tertiary/aromatic N) is 6. The summed E-state index contributed by atoms with van der Waals surface area (Å²) in [4.78, 5) is 18.5. The number of aliphatic hydroxyl groups excluding tert-OH is 2. The van der Waals surface area contributed by atoms with Gasteiger partial charge in [-0.1, -0.05) is 60.7 Å². The Morgan fingerprint density at radius 3 is 2.32 bits per heavy atom. The molecule has 6 rings (SSSR count). The van der Waals surface area contributed by atoms with Gasteiger partial charge in [-0.05, 0) is 23.3 Å². The molecule has 1 aliphatic rings. The zero-order valence-corrected chi connectivity index (χ0v) is 24.0. The number of hydrogen-bond donors (Lipinski definition) is 4.